The molecule has 18 heavy (non-hydrogen) atoms. The Bertz CT molecular complexity index is 421. The lowest BCUT2D eigenvalue weighted by atomic mass is 10.2. The van der Waals surface area contributed by atoms with Crippen LogP contribution >= 0.6 is 22.6 Å². The maximum Gasteiger partial charge on any atom is 0.239 e. The third-order valence-corrected chi connectivity index (χ3v) is 3.17. The van der Waals surface area contributed by atoms with E-state index in [0.29, 0.717) is 12.2 Å². The largest absolute Gasteiger partial charge is 0.397 e. The summed E-state index contributed by atoms with van der Waals surface area (Å²) in [7, 11) is 0. The van der Waals surface area contributed by atoms with Gasteiger partial charge in [-0.3, -0.25) is 4.79 Å². The number of rotatable bonds is 5. The highest BCUT2D eigenvalue weighted by Crippen LogP contribution is 2.24. The van der Waals surface area contributed by atoms with Gasteiger partial charge in [-0.1, -0.05) is 0 Å². The molecule has 1 aromatic carbocycles. The van der Waals surface area contributed by atoms with E-state index in [1.165, 1.54) is 0 Å². The van der Waals surface area contributed by atoms with Crippen molar-refractivity contribution in [2.75, 3.05) is 23.7 Å². The number of hydrogen-bond donors (Lipinski definition) is 2. The van der Waals surface area contributed by atoms with Gasteiger partial charge < -0.3 is 16.0 Å². The van der Waals surface area contributed by atoms with E-state index in [2.05, 4.69) is 27.9 Å². The molecule has 1 rings (SSSR count). The highest BCUT2D eigenvalue weighted by molar-refractivity contribution is 14.1. The van der Waals surface area contributed by atoms with Gasteiger partial charge in [0.2, 0.25) is 5.91 Å². The molecule has 0 spiro atoms. The fourth-order valence-corrected chi connectivity index (χ4v) is 2.24. The quantitative estimate of drug-likeness (QED) is 0.625. The molecule has 0 saturated heterocycles. The highest BCUT2D eigenvalue weighted by Gasteiger charge is 2.13. The number of nitrogens with zero attached hydrogens (tertiary/aromatic N) is 1. The van der Waals surface area contributed by atoms with Gasteiger partial charge in [-0.05, 0) is 61.6 Å². The van der Waals surface area contributed by atoms with Crippen molar-refractivity contribution in [3.05, 3.63) is 21.8 Å². The predicted octanol–water partition coefficient (Wildman–Crippen LogP) is 2.22. The van der Waals surface area contributed by atoms with Gasteiger partial charge in [-0.2, -0.15) is 0 Å². The van der Waals surface area contributed by atoms with E-state index >= 15 is 0 Å². The molecule has 0 bridgehead atoms. The van der Waals surface area contributed by atoms with Crippen LogP contribution in [0.5, 0.6) is 0 Å². The summed E-state index contributed by atoms with van der Waals surface area (Å²) >= 11 is 2.22. The lowest BCUT2D eigenvalue weighted by molar-refractivity contribution is -0.120. The Morgan fingerprint density at radius 1 is 1.50 bits per heavy atom. The summed E-state index contributed by atoms with van der Waals surface area (Å²) in [6.07, 6.45) is 0. The van der Waals surface area contributed by atoms with Crippen molar-refractivity contribution in [3.8, 4) is 0 Å². The Labute approximate surface area is 122 Å². The minimum Gasteiger partial charge on any atom is -0.397 e. The highest BCUT2D eigenvalue weighted by atomic mass is 127. The number of anilines is 2. The summed E-state index contributed by atoms with van der Waals surface area (Å²) in [6.45, 7) is 7.00. The van der Waals surface area contributed by atoms with E-state index in [9.17, 15) is 4.79 Å². The molecule has 0 radical (unpaired) electrons. The fraction of sp³-hybridized carbons (Fsp3) is 0.462. The number of hydrogen-bond acceptors (Lipinski definition) is 3. The SMILES string of the molecule is CCN(CC(=O)NC(C)C)c1ccc(I)cc1N. The van der Waals surface area contributed by atoms with E-state index in [-0.39, 0.29) is 11.9 Å². The maximum absolute atomic E-state index is 11.8. The molecule has 0 unspecified atom stereocenters. The van der Waals surface area contributed by atoms with Crippen LogP contribution in [0.1, 0.15) is 20.8 Å². The Morgan fingerprint density at radius 3 is 2.67 bits per heavy atom. The second kappa shape index (κ2) is 6.82. The molecule has 0 fully saturated rings. The normalized spacial score (nSPS) is 10.5. The van der Waals surface area contributed by atoms with Crippen LogP contribution in [0.25, 0.3) is 0 Å². The molecule has 0 aliphatic rings. The van der Waals surface area contributed by atoms with Crippen molar-refractivity contribution in [3.63, 3.8) is 0 Å². The van der Waals surface area contributed by atoms with E-state index in [0.717, 1.165) is 15.8 Å². The predicted molar refractivity (Wildman–Crippen MR) is 84.7 cm³/mol. The summed E-state index contributed by atoms with van der Waals surface area (Å²) in [5.74, 6) is 0.0183. The molecule has 5 heteroatoms. The van der Waals surface area contributed by atoms with Crippen molar-refractivity contribution in [1.29, 1.82) is 0 Å². The Kier molecular flexibility index (Phi) is 5.71. The van der Waals surface area contributed by atoms with Crippen molar-refractivity contribution < 1.29 is 4.79 Å². The van der Waals surface area contributed by atoms with Gasteiger partial charge in [0, 0.05) is 16.2 Å². The third kappa shape index (κ3) is 4.36. The molecule has 0 saturated carbocycles. The van der Waals surface area contributed by atoms with Gasteiger partial charge in [0.15, 0.2) is 0 Å². The molecule has 0 heterocycles. The second-order valence-corrected chi connectivity index (χ2v) is 5.69. The van der Waals surface area contributed by atoms with Crippen LogP contribution in [0.4, 0.5) is 11.4 Å². The fourth-order valence-electron chi connectivity index (χ4n) is 1.72. The number of carbonyl (C=O) groups excluding carboxylic acids is 1. The summed E-state index contributed by atoms with van der Waals surface area (Å²) in [6, 6.07) is 6.03. The molecular weight excluding hydrogens is 341 g/mol. The number of amides is 1. The van der Waals surface area contributed by atoms with Gasteiger partial charge >= 0.3 is 0 Å². The summed E-state index contributed by atoms with van der Waals surface area (Å²) < 4.78 is 1.09. The van der Waals surface area contributed by atoms with Crippen molar-refractivity contribution in [1.82, 2.24) is 5.32 Å². The maximum atomic E-state index is 11.8. The molecule has 100 valence electrons. The van der Waals surface area contributed by atoms with E-state index in [1.807, 2.05) is 43.9 Å². The topological polar surface area (TPSA) is 58.4 Å². The number of nitrogens with one attached hydrogen (secondary N) is 1. The zero-order valence-corrected chi connectivity index (χ0v) is 13.2. The first kappa shape index (κ1) is 15.1. The van der Waals surface area contributed by atoms with Gasteiger partial charge in [0.05, 0.1) is 17.9 Å². The lowest BCUT2D eigenvalue weighted by Crippen LogP contribution is -2.40. The Hall–Kier alpha value is -0.980. The van der Waals surface area contributed by atoms with Gasteiger partial charge in [0.25, 0.3) is 0 Å². The summed E-state index contributed by atoms with van der Waals surface area (Å²) in [4.78, 5) is 13.8. The van der Waals surface area contributed by atoms with Gasteiger partial charge in [-0.25, -0.2) is 0 Å². The van der Waals surface area contributed by atoms with Crippen LogP contribution < -0.4 is 16.0 Å². The zero-order chi connectivity index (χ0) is 13.7. The van der Waals surface area contributed by atoms with Crippen molar-refractivity contribution >= 4 is 39.9 Å². The Balaban J connectivity index is 2.80. The first-order valence-electron chi connectivity index (χ1n) is 6.03. The number of nitrogens with two attached hydrogens (primary N) is 1. The molecule has 4 nitrogen and oxygen atoms in total. The van der Waals surface area contributed by atoms with E-state index < -0.39 is 0 Å². The standard InChI is InChI=1S/C13H20IN3O/c1-4-17(8-13(18)16-9(2)3)12-6-5-10(14)7-11(12)15/h5-7,9H,4,8,15H2,1-3H3,(H,16,18). The number of benzene rings is 1. The number of likely N-dealkylation sites (N-methyl/N-ethyl adjacent to an activating group) is 1. The molecule has 0 aliphatic carbocycles. The summed E-state index contributed by atoms with van der Waals surface area (Å²) in [5.41, 5.74) is 7.62. The van der Waals surface area contributed by atoms with Crippen LogP contribution in [0.2, 0.25) is 0 Å². The van der Waals surface area contributed by atoms with Crippen LogP contribution in [-0.2, 0) is 4.79 Å². The monoisotopic (exact) mass is 361 g/mol. The minimum absolute atomic E-state index is 0.0183. The van der Waals surface area contributed by atoms with E-state index in [4.69, 9.17) is 5.73 Å². The number of carbonyl (C=O) groups is 1. The molecule has 1 aromatic rings. The molecule has 3 N–H and O–H groups in total. The van der Waals surface area contributed by atoms with Crippen LogP contribution in [0, 0.1) is 3.57 Å². The molecular formula is C13H20IN3O. The van der Waals surface area contributed by atoms with Crippen LogP contribution in [0.15, 0.2) is 18.2 Å². The molecule has 0 atom stereocenters. The molecule has 0 aliphatic heterocycles. The van der Waals surface area contributed by atoms with Crippen LogP contribution in [0.3, 0.4) is 0 Å². The molecule has 0 aromatic heterocycles. The second-order valence-electron chi connectivity index (χ2n) is 4.44. The first-order valence-corrected chi connectivity index (χ1v) is 7.11. The summed E-state index contributed by atoms with van der Waals surface area (Å²) in [5, 5.41) is 2.89. The lowest BCUT2D eigenvalue weighted by Gasteiger charge is -2.24. The smallest absolute Gasteiger partial charge is 0.239 e. The van der Waals surface area contributed by atoms with Crippen molar-refractivity contribution in [2.45, 2.75) is 26.8 Å². The first-order chi connectivity index (χ1) is 8.43. The number of nitrogen functional groups attached to an aromatic ring is 1. The number of halogens is 1. The van der Waals surface area contributed by atoms with Gasteiger partial charge in [0.1, 0.15) is 0 Å². The van der Waals surface area contributed by atoms with Crippen LogP contribution in [-0.4, -0.2) is 25.0 Å². The van der Waals surface area contributed by atoms with E-state index in [1.54, 1.807) is 0 Å². The minimum atomic E-state index is 0.0183. The third-order valence-electron chi connectivity index (χ3n) is 2.50. The molecule has 1 amide bonds. The zero-order valence-electron chi connectivity index (χ0n) is 11.0. The Morgan fingerprint density at radius 2 is 2.17 bits per heavy atom. The average molecular weight is 361 g/mol. The van der Waals surface area contributed by atoms with Crippen molar-refractivity contribution in [2.24, 2.45) is 0 Å². The average Bonchev–Trinajstić information content (AvgIpc) is 2.25. The van der Waals surface area contributed by atoms with Gasteiger partial charge in [-0.15, -0.1) is 0 Å².